The van der Waals surface area contributed by atoms with Gasteiger partial charge in [0.25, 0.3) is 5.56 Å². The molecule has 2 N–H and O–H groups in total. The fourth-order valence-corrected chi connectivity index (χ4v) is 9.70. The summed E-state index contributed by atoms with van der Waals surface area (Å²) in [5, 5.41) is 17.0. The topological polar surface area (TPSA) is 186 Å². The van der Waals surface area contributed by atoms with Crippen molar-refractivity contribution in [1.82, 2.24) is 24.5 Å². The highest BCUT2D eigenvalue weighted by Gasteiger charge is 2.51. The zero-order valence-electron chi connectivity index (χ0n) is 22.7. The highest BCUT2D eigenvalue weighted by molar-refractivity contribution is 7.72. The van der Waals surface area contributed by atoms with E-state index < -0.39 is 50.2 Å². The van der Waals surface area contributed by atoms with Crippen LogP contribution < -0.4 is 11.2 Å². The van der Waals surface area contributed by atoms with Crippen molar-refractivity contribution in [2.75, 3.05) is 33.0 Å². The van der Waals surface area contributed by atoms with Crippen LogP contribution in [0.25, 0.3) is 0 Å². The van der Waals surface area contributed by atoms with Crippen molar-refractivity contribution in [3.63, 3.8) is 0 Å². The first-order valence-corrected chi connectivity index (χ1v) is 16.0. The molecule has 0 aliphatic carbocycles. The van der Waals surface area contributed by atoms with Crippen molar-refractivity contribution in [3.05, 3.63) is 44.5 Å². The van der Waals surface area contributed by atoms with E-state index in [0.717, 1.165) is 0 Å². The Bertz CT molecular complexity index is 1260. The number of nitrogens with one attached hydrogen (secondary N) is 1. The average Bonchev–Trinajstić information content (AvgIpc) is 3.52. The summed E-state index contributed by atoms with van der Waals surface area (Å²) in [6.07, 6.45) is 1.51. The first-order chi connectivity index (χ1) is 18.5. The van der Waals surface area contributed by atoms with E-state index in [-0.39, 0.29) is 45.9 Å². The number of hydrogen-bond donors (Lipinski definition) is 2. The zero-order valence-corrected chi connectivity index (χ0v) is 24.5. The lowest BCUT2D eigenvalue weighted by Gasteiger charge is -2.30. The molecule has 1 aliphatic rings. The molecule has 15 nitrogen and oxygen atoms in total. The van der Waals surface area contributed by atoms with Crippen LogP contribution in [-0.2, 0) is 38.4 Å². The SMILES string of the molecule is CCOP(=O)(OCC)C(Cc1cn([C@H]2C[C@@H](n3cc(C)c(=O)[nH]c3=O)O[C@H]2CO)nn1)P(=O)(OCC)OCC. The summed E-state index contributed by atoms with van der Waals surface area (Å²) >= 11 is 0. The van der Waals surface area contributed by atoms with Crippen molar-refractivity contribution < 1.29 is 37.1 Å². The maximum atomic E-state index is 13.8. The van der Waals surface area contributed by atoms with E-state index in [2.05, 4.69) is 15.3 Å². The summed E-state index contributed by atoms with van der Waals surface area (Å²) in [4.78, 5) is 26.4. The van der Waals surface area contributed by atoms with Gasteiger partial charge in [-0.15, -0.1) is 5.10 Å². The standard InChI is InChI=1S/C22H37N5O10P2/c1-6-33-38(31,34-7-2)20(39(32,35-8-3)36-9-4)10-16-13-27(25-24-16)17-11-19(37-18(17)14-28)26-12-15(5)21(29)23-22(26)30/h12-13,17-20,28H,6-11,14H2,1-5H3,(H,23,29,30)/t17-,18-,19-/m0/s1. The zero-order chi connectivity index (χ0) is 28.8. The number of aryl methyl sites for hydroxylation is 1. The van der Waals surface area contributed by atoms with Crippen LogP contribution in [0.3, 0.4) is 0 Å². The second kappa shape index (κ2) is 13.6. The van der Waals surface area contributed by atoms with Crippen molar-refractivity contribution in [1.29, 1.82) is 0 Å². The predicted octanol–water partition coefficient (Wildman–Crippen LogP) is 2.36. The summed E-state index contributed by atoms with van der Waals surface area (Å²) in [6.45, 7) is 7.95. The second-order valence-corrected chi connectivity index (χ2v) is 13.6. The third kappa shape index (κ3) is 7.04. The van der Waals surface area contributed by atoms with Crippen LogP contribution in [0, 0.1) is 6.92 Å². The van der Waals surface area contributed by atoms with Crippen molar-refractivity contribution in [3.8, 4) is 0 Å². The predicted molar refractivity (Wildman–Crippen MR) is 140 cm³/mol. The van der Waals surface area contributed by atoms with E-state index in [1.807, 2.05) is 0 Å². The summed E-state index contributed by atoms with van der Waals surface area (Å²) in [5.41, 5.74) is -0.498. The molecular formula is C22H37N5O10P2. The molecule has 0 amide bonds. The minimum absolute atomic E-state index is 0.0430. The van der Waals surface area contributed by atoms with Gasteiger partial charge in [-0.2, -0.15) is 0 Å². The van der Waals surface area contributed by atoms with Gasteiger partial charge in [0.05, 0.1) is 44.8 Å². The van der Waals surface area contributed by atoms with E-state index in [1.165, 1.54) is 15.4 Å². The molecule has 2 aromatic rings. The molecule has 3 atom stereocenters. The molecule has 0 saturated carbocycles. The Hall–Kier alpha value is -1.96. The first-order valence-electron chi connectivity index (χ1n) is 12.8. The van der Waals surface area contributed by atoms with Gasteiger partial charge >= 0.3 is 20.9 Å². The molecule has 0 unspecified atom stereocenters. The Kier molecular flexibility index (Phi) is 11.0. The van der Waals surface area contributed by atoms with Gasteiger partial charge in [0, 0.05) is 30.8 Å². The smallest absolute Gasteiger partial charge is 0.346 e. The minimum Gasteiger partial charge on any atom is -0.394 e. The lowest BCUT2D eigenvalue weighted by molar-refractivity contribution is -0.0323. The van der Waals surface area contributed by atoms with Gasteiger partial charge in [-0.1, -0.05) is 5.21 Å². The maximum Gasteiger partial charge on any atom is 0.346 e. The molecule has 1 aliphatic heterocycles. The van der Waals surface area contributed by atoms with Crippen LogP contribution in [-0.4, -0.2) is 74.2 Å². The fraction of sp³-hybridized carbons (Fsp3) is 0.727. The number of hydrogen-bond acceptors (Lipinski definition) is 12. The molecule has 2 aromatic heterocycles. The highest BCUT2D eigenvalue weighted by atomic mass is 31.2. The van der Waals surface area contributed by atoms with Gasteiger partial charge in [-0.05, 0) is 34.6 Å². The Morgan fingerprint density at radius 3 is 2.13 bits per heavy atom. The van der Waals surface area contributed by atoms with Gasteiger partial charge in [-0.25, -0.2) is 9.48 Å². The molecule has 39 heavy (non-hydrogen) atoms. The molecule has 17 heteroatoms. The van der Waals surface area contributed by atoms with Gasteiger partial charge < -0.3 is 27.9 Å². The number of nitrogens with zero attached hydrogens (tertiary/aromatic N) is 4. The maximum absolute atomic E-state index is 13.8. The van der Waals surface area contributed by atoms with E-state index >= 15 is 0 Å². The molecule has 0 radical (unpaired) electrons. The Balaban J connectivity index is 1.93. The lowest BCUT2D eigenvalue weighted by Crippen LogP contribution is -2.33. The van der Waals surface area contributed by atoms with E-state index in [9.17, 15) is 23.8 Å². The molecule has 220 valence electrons. The number of ether oxygens (including phenoxy) is 1. The van der Waals surface area contributed by atoms with Crippen molar-refractivity contribution in [2.45, 2.75) is 71.2 Å². The van der Waals surface area contributed by atoms with Crippen molar-refractivity contribution in [2.24, 2.45) is 0 Å². The highest BCUT2D eigenvalue weighted by Crippen LogP contribution is 2.71. The number of aliphatic hydroxyl groups is 1. The molecule has 0 aromatic carbocycles. The number of aromatic nitrogens is 5. The van der Waals surface area contributed by atoms with Gasteiger partial charge in [0.15, 0.2) is 5.40 Å². The minimum atomic E-state index is -4.00. The molecule has 1 saturated heterocycles. The lowest BCUT2D eigenvalue weighted by atomic mass is 10.1. The Labute approximate surface area is 225 Å². The van der Waals surface area contributed by atoms with Crippen LogP contribution in [0.2, 0.25) is 0 Å². The fourth-order valence-electron chi connectivity index (χ4n) is 4.42. The van der Waals surface area contributed by atoms with Gasteiger partial charge in [-0.3, -0.25) is 23.5 Å². The molecular weight excluding hydrogens is 556 g/mol. The molecule has 3 rings (SSSR count). The third-order valence-corrected chi connectivity index (χ3v) is 12.1. The third-order valence-electron chi connectivity index (χ3n) is 6.10. The monoisotopic (exact) mass is 593 g/mol. The van der Waals surface area contributed by atoms with Crippen LogP contribution in [0.1, 0.15) is 57.6 Å². The van der Waals surface area contributed by atoms with E-state index in [1.54, 1.807) is 40.8 Å². The Morgan fingerprint density at radius 1 is 1.05 bits per heavy atom. The number of aromatic amines is 1. The van der Waals surface area contributed by atoms with E-state index in [4.69, 9.17) is 22.8 Å². The summed E-state index contributed by atoms with van der Waals surface area (Å²) in [6, 6.07) is -0.532. The number of aliphatic hydroxyl groups excluding tert-OH is 1. The molecule has 3 heterocycles. The molecule has 0 spiro atoms. The number of H-pyrrole nitrogens is 1. The largest absolute Gasteiger partial charge is 0.394 e. The van der Waals surface area contributed by atoms with Gasteiger partial charge in [0.2, 0.25) is 0 Å². The van der Waals surface area contributed by atoms with Crippen molar-refractivity contribution >= 4 is 15.2 Å². The normalized spacial score (nSPS) is 20.2. The molecule has 1 fully saturated rings. The molecule has 0 bridgehead atoms. The summed E-state index contributed by atoms with van der Waals surface area (Å²) < 4.78 is 58.3. The van der Waals surface area contributed by atoms with Gasteiger partial charge in [0.1, 0.15) is 12.3 Å². The quantitative estimate of drug-likeness (QED) is 0.288. The average molecular weight is 594 g/mol. The summed E-state index contributed by atoms with van der Waals surface area (Å²) in [5.74, 6) is 0. The number of rotatable bonds is 15. The van der Waals surface area contributed by atoms with Crippen LogP contribution in [0.15, 0.2) is 22.0 Å². The first kappa shape index (κ1) is 31.6. The van der Waals surface area contributed by atoms with Crippen LogP contribution in [0.5, 0.6) is 0 Å². The second-order valence-electron chi connectivity index (χ2n) is 8.72. The Morgan fingerprint density at radius 2 is 1.62 bits per heavy atom. The van der Waals surface area contributed by atoms with E-state index in [0.29, 0.717) is 11.3 Å². The van der Waals surface area contributed by atoms with Crippen LogP contribution >= 0.6 is 15.2 Å². The van der Waals surface area contributed by atoms with Crippen LogP contribution in [0.4, 0.5) is 0 Å². The summed E-state index contributed by atoms with van der Waals surface area (Å²) in [7, 11) is -7.99.